The minimum atomic E-state index is -3.54. The molecule has 0 saturated carbocycles. The minimum absolute atomic E-state index is 0.0771. The number of nitrogen functional groups attached to an aromatic ring is 1. The Morgan fingerprint density at radius 3 is 2.62 bits per heavy atom. The SMILES string of the molecule is N#Cc1cc(N)ccc1NS(=O)(=O)CCc1ccncc1. The number of aromatic nitrogens is 1. The standard InChI is InChI=1S/C14H14N4O2S/c15-10-12-9-13(16)1-2-14(12)18-21(19,20)8-5-11-3-6-17-7-4-11/h1-4,6-7,9,18H,5,8,16H2. The van der Waals surface area contributed by atoms with E-state index < -0.39 is 10.0 Å². The molecule has 0 aliphatic carbocycles. The molecule has 21 heavy (non-hydrogen) atoms. The number of sulfonamides is 1. The molecule has 1 aromatic heterocycles. The van der Waals surface area contributed by atoms with Crippen LogP contribution in [0.4, 0.5) is 11.4 Å². The zero-order valence-corrected chi connectivity index (χ0v) is 12.0. The minimum Gasteiger partial charge on any atom is -0.399 e. The fourth-order valence-electron chi connectivity index (χ4n) is 1.76. The molecule has 2 aromatic rings. The molecule has 0 spiro atoms. The van der Waals surface area contributed by atoms with E-state index in [1.807, 2.05) is 6.07 Å². The fourth-order valence-corrected chi connectivity index (χ4v) is 2.88. The number of benzene rings is 1. The largest absolute Gasteiger partial charge is 0.399 e. The molecule has 0 amide bonds. The van der Waals surface area contributed by atoms with Gasteiger partial charge in [-0.1, -0.05) is 0 Å². The Balaban J connectivity index is 2.10. The maximum Gasteiger partial charge on any atom is 0.233 e. The Bertz CT molecular complexity index is 767. The van der Waals surface area contributed by atoms with Gasteiger partial charge in [-0.3, -0.25) is 9.71 Å². The number of nitrogens with one attached hydrogen (secondary N) is 1. The van der Waals surface area contributed by atoms with Crippen LogP contribution in [-0.2, 0) is 16.4 Å². The average Bonchev–Trinajstić information content (AvgIpc) is 2.48. The van der Waals surface area contributed by atoms with E-state index in [0.717, 1.165) is 5.56 Å². The molecule has 0 unspecified atom stereocenters. The molecule has 0 saturated heterocycles. The van der Waals surface area contributed by atoms with Crippen LogP contribution in [-0.4, -0.2) is 19.2 Å². The van der Waals surface area contributed by atoms with Crippen molar-refractivity contribution in [3.8, 4) is 6.07 Å². The number of nitrogens with zero attached hydrogens (tertiary/aromatic N) is 2. The quantitative estimate of drug-likeness (QED) is 0.814. The highest BCUT2D eigenvalue weighted by Gasteiger charge is 2.13. The second-order valence-electron chi connectivity index (χ2n) is 4.44. The molecule has 0 radical (unpaired) electrons. The molecule has 7 heteroatoms. The van der Waals surface area contributed by atoms with E-state index in [4.69, 9.17) is 11.0 Å². The van der Waals surface area contributed by atoms with Gasteiger partial charge in [0.2, 0.25) is 10.0 Å². The molecule has 0 bridgehead atoms. The number of hydrogen-bond acceptors (Lipinski definition) is 5. The van der Waals surface area contributed by atoms with Crippen molar-refractivity contribution in [2.75, 3.05) is 16.2 Å². The van der Waals surface area contributed by atoms with Gasteiger partial charge in [-0.05, 0) is 42.3 Å². The molecule has 0 atom stereocenters. The summed E-state index contributed by atoms with van der Waals surface area (Å²) in [5.74, 6) is -0.0771. The highest BCUT2D eigenvalue weighted by Crippen LogP contribution is 2.19. The highest BCUT2D eigenvalue weighted by molar-refractivity contribution is 7.92. The summed E-state index contributed by atoms with van der Waals surface area (Å²) in [6.07, 6.45) is 3.60. The predicted octanol–water partition coefficient (Wildman–Crippen LogP) is 1.52. The first-order valence-corrected chi connectivity index (χ1v) is 7.84. The molecule has 6 nitrogen and oxygen atoms in total. The summed E-state index contributed by atoms with van der Waals surface area (Å²) >= 11 is 0. The number of nitrogens with two attached hydrogens (primary N) is 1. The van der Waals surface area contributed by atoms with Crippen molar-refractivity contribution in [1.82, 2.24) is 4.98 Å². The number of rotatable bonds is 5. The lowest BCUT2D eigenvalue weighted by molar-refractivity contribution is 0.600. The Hall–Kier alpha value is -2.59. The van der Waals surface area contributed by atoms with Crippen LogP contribution in [0.1, 0.15) is 11.1 Å². The lowest BCUT2D eigenvalue weighted by atomic mass is 10.2. The molecule has 3 N–H and O–H groups in total. The molecule has 2 rings (SSSR count). The molecule has 0 aliphatic heterocycles. The summed E-state index contributed by atoms with van der Waals surface area (Å²) in [4.78, 5) is 3.88. The van der Waals surface area contributed by atoms with Gasteiger partial charge in [0.15, 0.2) is 0 Å². The van der Waals surface area contributed by atoms with Crippen molar-refractivity contribution in [1.29, 1.82) is 5.26 Å². The lowest BCUT2D eigenvalue weighted by Crippen LogP contribution is -2.19. The number of aryl methyl sites for hydroxylation is 1. The summed E-state index contributed by atoms with van der Waals surface area (Å²) in [5, 5.41) is 9.00. The topological polar surface area (TPSA) is 109 Å². The van der Waals surface area contributed by atoms with Crippen LogP contribution >= 0.6 is 0 Å². The number of pyridine rings is 1. The van der Waals surface area contributed by atoms with Crippen molar-refractivity contribution >= 4 is 21.4 Å². The summed E-state index contributed by atoms with van der Waals surface area (Å²) in [6.45, 7) is 0. The van der Waals surface area contributed by atoms with Gasteiger partial charge in [-0.25, -0.2) is 8.42 Å². The Kier molecular flexibility index (Phi) is 4.40. The summed E-state index contributed by atoms with van der Waals surface area (Å²) in [6, 6.07) is 9.90. The van der Waals surface area contributed by atoms with Crippen LogP contribution < -0.4 is 10.5 Å². The van der Waals surface area contributed by atoms with E-state index in [0.29, 0.717) is 12.1 Å². The second-order valence-corrected chi connectivity index (χ2v) is 6.29. The Labute approximate surface area is 123 Å². The molecule has 1 heterocycles. The van der Waals surface area contributed by atoms with Crippen LogP contribution in [0.2, 0.25) is 0 Å². The van der Waals surface area contributed by atoms with Crippen LogP contribution in [0.25, 0.3) is 0 Å². The second kappa shape index (κ2) is 6.24. The third-order valence-corrected chi connectivity index (χ3v) is 4.11. The van der Waals surface area contributed by atoms with Gasteiger partial charge in [0, 0.05) is 18.1 Å². The zero-order chi connectivity index (χ0) is 15.3. The first kappa shape index (κ1) is 14.8. The van der Waals surface area contributed by atoms with Gasteiger partial charge in [0.05, 0.1) is 17.0 Å². The van der Waals surface area contributed by atoms with Crippen LogP contribution in [0.3, 0.4) is 0 Å². The zero-order valence-electron chi connectivity index (χ0n) is 11.2. The summed E-state index contributed by atoms with van der Waals surface area (Å²) in [5.41, 5.74) is 7.29. The van der Waals surface area contributed by atoms with Crippen LogP contribution in [0, 0.1) is 11.3 Å². The molecule has 108 valence electrons. The maximum atomic E-state index is 12.1. The predicted molar refractivity (Wildman–Crippen MR) is 80.9 cm³/mol. The van der Waals surface area contributed by atoms with Gasteiger partial charge in [-0.2, -0.15) is 5.26 Å². The highest BCUT2D eigenvalue weighted by atomic mass is 32.2. The van der Waals surface area contributed by atoms with Crippen LogP contribution in [0.15, 0.2) is 42.7 Å². The van der Waals surface area contributed by atoms with E-state index in [2.05, 4.69) is 9.71 Å². The van der Waals surface area contributed by atoms with E-state index in [1.165, 1.54) is 12.1 Å². The Morgan fingerprint density at radius 1 is 1.24 bits per heavy atom. The lowest BCUT2D eigenvalue weighted by Gasteiger charge is -2.10. The smallest absolute Gasteiger partial charge is 0.233 e. The third kappa shape index (κ3) is 4.19. The van der Waals surface area contributed by atoms with Gasteiger partial charge in [0.1, 0.15) is 6.07 Å². The van der Waals surface area contributed by atoms with Crippen molar-refractivity contribution < 1.29 is 8.42 Å². The maximum absolute atomic E-state index is 12.1. The van der Waals surface area contributed by atoms with Gasteiger partial charge in [-0.15, -0.1) is 0 Å². The van der Waals surface area contributed by atoms with E-state index in [-0.39, 0.29) is 17.0 Å². The van der Waals surface area contributed by atoms with Gasteiger partial charge < -0.3 is 5.73 Å². The van der Waals surface area contributed by atoms with Crippen molar-refractivity contribution in [2.45, 2.75) is 6.42 Å². The molecule has 0 fully saturated rings. The number of nitriles is 1. The molecular formula is C14H14N4O2S. The fraction of sp³-hybridized carbons (Fsp3) is 0.143. The normalized spacial score (nSPS) is 10.8. The first-order valence-electron chi connectivity index (χ1n) is 6.19. The van der Waals surface area contributed by atoms with Crippen LogP contribution in [0.5, 0.6) is 0 Å². The van der Waals surface area contributed by atoms with Crippen molar-refractivity contribution in [3.05, 3.63) is 53.9 Å². The van der Waals surface area contributed by atoms with Crippen molar-refractivity contribution in [2.24, 2.45) is 0 Å². The Morgan fingerprint density at radius 2 is 1.95 bits per heavy atom. The average molecular weight is 302 g/mol. The van der Waals surface area contributed by atoms with E-state index >= 15 is 0 Å². The molecular weight excluding hydrogens is 288 g/mol. The van der Waals surface area contributed by atoms with E-state index in [9.17, 15) is 8.42 Å². The first-order chi connectivity index (χ1) is 10.00. The monoisotopic (exact) mass is 302 g/mol. The van der Waals surface area contributed by atoms with E-state index in [1.54, 1.807) is 30.6 Å². The van der Waals surface area contributed by atoms with Crippen molar-refractivity contribution in [3.63, 3.8) is 0 Å². The number of hydrogen-bond donors (Lipinski definition) is 2. The number of anilines is 2. The third-order valence-electron chi connectivity index (χ3n) is 2.84. The summed E-state index contributed by atoms with van der Waals surface area (Å²) in [7, 11) is -3.54. The molecule has 0 aliphatic rings. The summed E-state index contributed by atoms with van der Waals surface area (Å²) < 4.78 is 26.5. The van der Waals surface area contributed by atoms with Gasteiger partial charge in [0.25, 0.3) is 0 Å². The van der Waals surface area contributed by atoms with Gasteiger partial charge >= 0.3 is 0 Å². The molecule has 1 aromatic carbocycles.